The monoisotopic (exact) mass is 604 g/mol. The molecular weight excluding hydrogens is 569 g/mol. The predicted octanol–water partition coefficient (Wildman–Crippen LogP) is 5.20. The lowest BCUT2D eigenvalue weighted by molar-refractivity contribution is -0.136. The van der Waals surface area contributed by atoms with Crippen LogP contribution in [0.4, 0.5) is 18.0 Å². The quantitative estimate of drug-likeness (QED) is 0.171. The van der Waals surface area contributed by atoms with Gasteiger partial charge >= 0.3 is 12.3 Å². The van der Waals surface area contributed by atoms with Gasteiger partial charge in [-0.15, -0.1) is 0 Å². The summed E-state index contributed by atoms with van der Waals surface area (Å²) in [5.74, 6) is 1.06. The highest BCUT2D eigenvalue weighted by atomic mass is 32.2. The first kappa shape index (κ1) is 32.3. The molecule has 3 rings (SSSR count). The molecule has 228 valence electrons. The number of halogens is 3. The molecule has 2 N–H and O–H groups in total. The van der Waals surface area contributed by atoms with E-state index < -0.39 is 34.8 Å². The van der Waals surface area contributed by atoms with Crippen LogP contribution >= 0.6 is 0 Å². The van der Waals surface area contributed by atoms with Crippen LogP contribution in [0, 0.1) is 5.92 Å². The highest BCUT2D eigenvalue weighted by Gasteiger charge is 2.30. The number of hydrogen-bond donors (Lipinski definition) is 2. The topological polar surface area (TPSA) is 126 Å². The number of sulfonamides is 1. The van der Waals surface area contributed by atoms with E-state index in [4.69, 9.17) is 14.2 Å². The van der Waals surface area contributed by atoms with Gasteiger partial charge in [0, 0.05) is 25.6 Å². The lowest BCUT2D eigenvalue weighted by Crippen LogP contribution is -2.42. The Balaban J connectivity index is 1.71. The van der Waals surface area contributed by atoms with Crippen LogP contribution in [0.15, 0.2) is 47.4 Å². The van der Waals surface area contributed by atoms with Crippen LogP contribution in [-0.2, 0) is 16.4 Å². The lowest BCUT2D eigenvalue weighted by atomic mass is 10.0. The maximum absolute atomic E-state index is 13.6. The van der Waals surface area contributed by atoms with E-state index >= 15 is 0 Å². The molecular formula is C27H35F3N2O8S. The molecule has 1 amide bonds. The van der Waals surface area contributed by atoms with Crippen molar-refractivity contribution in [2.75, 3.05) is 32.9 Å². The van der Waals surface area contributed by atoms with Gasteiger partial charge in [0.15, 0.2) is 11.5 Å². The van der Waals surface area contributed by atoms with Crippen molar-refractivity contribution in [3.05, 3.63) is 48.0 Å². The van der Waals surface area contributed by atoms with Gasteiger partial charge in [-0.05, 0) is 55.0 Å². The fourth-order valence-corrected chi connectivity index (χ4v) is 5.90. The summed E-state index contributed by atoms with van der Waals surface area (Å²) in [6, 6.07) is 9.67. The Bertz CT molecular complexity index is 1260. The SMILES string of the molecule is CC(C)CN(CCC(Cc1ccc(OCCCC(F)(F)F)cc1)N(O)C(=O)O)S(=O)(=O)c1ccc2c(c1)OCCO2. The van der Waals surface area contributed by atoms with Gasteiger partial charge in [-0.1, -0.05) is 26.0 Å². The molecule has 0 saturated heterocycles. The highest BCUT2D eigenvalue weighted by molar-refractivity contribution is 7.89. The van der Waals surface area contributed by atoms with E-state index in [0.29, 0.717) is 36.0 Å². The molecule has 0 aliphatic carbocycles. The normalized spacial score (nSPS) is 14.2. The molecule has 1 unspecified atom stereocenters. The van der Waals surface area contributed by atoms with Crippen molar-refractivity contribution in [3.63, 3.8) is 0 Å². The molecule has 0 aromatic heterocycles. The van der Waals surface area contributed by atoms with Crippen LogP contribution in [0.1, 0.15) is 38.7 Å². The molecule has 0 radical (unpaired) electrons. The number of amides is 1. The minimum atomic E-state index is -4.25. The van der Waals surface area contributed by atoms with Crippen LogP contribution in [0.25, 0.3) is 0 Å². The molecule has 41 heavy (non-hydrogen) atoms. The zero-order chi connectivity index (χ0) is 30.2. The molecule has 1 aliphatic rings. The molecule has 2 aromatic rings. The van der Waals surface area contributed by atoms with Crippen molar-refractivity contribution in [3.8, 4) is 17.2 Å². The summed E-state index contributed by atoms with van der Waals surface area (Å²) >= 11 is 0. The molecule has 0 spiro atoms. The molecule has 14 heteroatoms. The average Bonchev–Trinajstić information content (AvgIpc) is 2.91. The van der Waals surface area contributed by atoms with Crippen molar-refractivity contribution in [2.45, 2.75) is 56.6 Å². The summed E-state index contributed by atoms with van der Waals surface area (Å²) in [6.07, 6.45) is -6.95. The van der Waals surface area contributed by atoms with Gasteiger partial charge in [0.2, 0.25) is 10.0 Å². The Morgan fingerprint density at radius 2 is 1.73 bits per heavy atom. The predicted molar refractivity (Wildman–Crippen MR) is 142 cm³/mol. The Kier molecular flexibility index (Phi) is 11.1. The Labute approximate surface area is 237 Å². The minimum absolute atomic E-state index is 0.00358. The number of alkyl halides is 3. The summed E-state index contributed by atoms with van der Waals surface area (Å²) in [5, 5.41) is 19.9. The molecule has 1 heterocycles. The van der Waals surface area contributed by atoms with Crippen molar-refractivity contribution < 1.29 is 50.9 Å². The van der Waals surface area contributed by atoms with Crippen LogP contribution < -0.4 is 14.2 Å². The number of benzene rings is 2. The average molecular weight is 605 g/mol. The van der Waals surface area contributed by atoms with Gasteiger partial charge in [-0.25, -0.2) is 13.2 Å². The third-order valence-electron chi connectivity index (χ3n) is 6.24. The number of nitrogens with zero attached hydrogens (tertiary/aromatic N) is 2. The fraction of sp³-hybridized carbons (Fsp3) is 0.519. The van der Waals surface area contributed by atoms with Crippen LogP contribution in [0.5, 0.6) is 17.2 Å². The van der Waals surface area contributed by atoms with Gasteiger partial charge < -0.3 is 19.3 Å². The van der Waals surface area contributed by atoms with Gasteiger partial charge in [-0.3, -0.25) is 5.21 Å². The van der Waals surface area contributed by atoms with E-state index in [2.05, 4.69) is 0 Å². The molecule has 0 saturated carbocycles. The summed E-state index contributed by atoms with van der Waals surface area (Å²) < 4.78 is 81.7. The second-order valence-corrected chi connectivity index (χ2v) is 12.0. The number of hydroxylamine groups is 2. The Hall–Kier alpha value is -3.23. The van der Waals surface area contributed by atoms with Crippen molar-refractivity contribution in [1.29, 1.82) is 0 Å². The van der Waals surface area contributed by atoms with Crippen LogP contribution in [0.3, 0.4) is 0 Å². The van der Waals surface area contributed by atoms with E-state index in [9.17, 15) is 36.7 Å². The van der Waals surface area contributed by atoms with E-state index in [1.165, 1.54) is 22.5 Å². The van der Waals surface area contributed by atoms with E-state index in [0.717, 1.165) is 0 Å². The number of hydrogen-bond acceptors (Lipinski definition) is 7. The first-order valence-corrected chi connectivity index (χ1v) is 14.6. The van der Waals surface area contributed by atoms with Gasteiger partial charge in [0.05, 0.1) is 17.5 Å². The van der Waals surface area contributed by atoms with E-state index in [-0.39, 0.29) is 54.8 Å². The molecule has 10 nitrogen and oxygen atoms in total. The Morgan fingerprint density at radius 3 is 2.34 bits per heavy atom. The molecule has 1 aliphatic heterocycles. The van der Waals surface area contributed by atoms with Crippen LogP contribution in [0.2, 0.25) is 0 Å². The second-order valence-electron chi connectivity index (χ2n) is 10.0. The van der Waals surface area contributed by atoms with Gasteiger partial charge in [-0.2, -0.15) is 22.5 Å². The summed E-state index contributed by atoms with van der Waals surface area (Å²) in [5.41, 5.74) is 0.614. The zero-order valence-electron chi connectivity index (χ0n) is 22.8. The summed E-state index contributed by atoms with van der Waals surface area (Å²) in [7, 11) is -4.01. The maximum atomic E-state index is 13.6. The van der Waals surface area contributed by atoms with Crippen molar-refractivity contribution in [1.82, 2.24) is 9.37 Å². The highest BCUT2D eigenvalue weighted by Crippen LogP contribution is 2.33. The Morgan fingerprint density at radius 1 is 1.07 bits per heavy atom. The number of fused-ring (bicyclic) bond motifs is 1. The molecule has 2 aromatic carbocycles. The van der Waals surface area contributed by atoms with E-state index in [1.807, 2.05) is 13.8 Å². The number of carboxylic acid groups (broad SMARTS) is 1. The van der Waals surface area contributed by atoms with E-state index in [1.54, 1.807) is 24.3 Å². The second kappa shape index (κ2) is 14.1. The van der Waals surface area contributed by atoms with Crippen molar-refractivity contribution in [2.24, 2.45) is 5.92 Å². The molecule has 0 bridgehead atoms. The first-order chi connectivity index (χ1) is 19.3. The van der Waals surface area contributed by atoms with Gasteiger partial charge in [0.1, 0.15) is 19.0 Å². The summed E-state index contributed by atoms with van der Waals surface area (Å²) in [4.78, 5) is 11.6. The number of carbonyl (C=O) groups is 1. The van der Waals surface area contributed by atoms with Gasteiger partial charge in [0.25, 0.3) is 0 Å². The standard InChI is InChI=1S/C27H35F3N2O8S/c1-19(2)18-31(41(36,37)23-8-9-24-25(17-23)40-15-14-39-24)12-10-21(32(35)26(33)34)16-20-4-6-22(7-5-20)38-13-3-11-27(28,29)30/h4-9,17,19,21,35H,3,10-16,18H2,1-2H3,(H,33,34). The largest absolute Gasteiger partial charge is 0.494 e. The molecule has 1 atom stereocenters. The first-order valence-electron chi connectivity index (χ1n) is 13.2. The smallest absolute Gasteiger partial charge is 0.431 e. The third kappa shape index (κ3) is 9.68. The molecule has 0 fully saturated rings. The number of rotatable bonds is 14. The summed E-state index contributed by atoms with van der Waals surface area (Å²) in [6.45, 7) is 4.32. The van der Waals surface area contributed by atoms with Crippen molar-refractivity contribution >= 4 is 16.1 Å². The maximum Gasteiger partial charge on any atom is 0.431 e. The zero-order valence-corrected chi connectivity index (χ0v) is 23.7. The lowest BCUT2D eigenvalue weighted by Gasteiger charge is -2.29. The fourth-order valence-electron chi connectivity index (χ4n) is 4.27. The minimum Gasteiger partial charge on any atom is -0.494 e. The number of ether oxygens (including phenoxy) is 3. The third-order valence-corrected chi connectivity index (χ3v) is 8.10. The van der Waals surface area contributed by atoms with Crippen LogP contribution in [-0.4, -0.2) is 79.3 Å².